The van der Waals surface area contributed by atoms with Crippen LogP contribution in [0.1, 0.15) is 53.4 Å². The molecule has 2 spiro atoms. The first-order valence-electron chi connectivity index (χ1n) is 10.4. The molecule has 4 aliphatic rings. The number of rotatable bonds is 2. The molecule has 2 saturated carbocycles. The molecule has 2 aliphatic heterocycles. The molecule has 2 heterocycles. The van der Waals surface area contributed by atoms with E-state index < -0.39 is 11.6 Å². The van der Waals surface area contributed by atoms with E-state index in [1.54, 1.807) is 0 Å². The van der Waals surface area contributed by atoms with Crippen LogP contribution in [0.4, 0.5) is 0 Å². The number of carbonyl (C=O) groups is 1. The van der Waals surface area contributed by atoms with Gasteiger partial charge in [0, 0.05) is 18.8 Å². The van der Waals surface area contributed by atoms with Crippen LogP contribution in [0.5, 0.6) is 0 Å². The maximum absolute atomic E-state index is 11.8. The maximum atomic E-state index is 11.8. The lowest BCUT2D eigenvalue weighted by molar-refractivity contribution is -0.206. The van der Waals surface area contributed by atoms with E-state index in [4.69, 9.17) is 23.7 Å². The minimum absolute atomic E-state index is 0.114. The Morgan fingerprint density at radius 1 is 0.857 bits per heavy atom. The van der Waals surface area contributed by atoms with E-state index in [0.29, 0.717) is 26.4 Å². The molecule has 0 radical (unpaired) electrons. The van der Waals surface area contributed by atoms with Gasteiger partial charge in [-0.25, -0.2) is 0 Å². The summed E-state index contributed by atoms with van der Waals surface area (Å²) in [7, 11) is 1.42. The lowest BCUT2D eigenvalue weighted by Crippen LogP contribution is -2.44. The van der Waals surface area contributed by atoms with Gasteiger partial charge in [0.05, 0.1) is 40.1 Å². The fraction of sp³-hybridized carbons (Fsp3) is 0.952. The number of methoxy groups -OCH3 is 1. The van der Waals surface area contributed by atoms with Crippen molar-refractivity contribution >= 4 is 5.97 Å². The van der Waals surface area contributed by atoms with Crippen molar-refractivity contribution in [3.8, 4) is 0 Å². The first-order chi connectivity index (χ1) is 13.1. The van der Waals surface area contributed by atoms with Crippen molar-refractivity contribution in [3.05, 3.63) is 0 Å². The first kappa shape index (κ1) is 22.0. The van der Waals surface area contributed by atoms with Gasteiger partial charge in [-0.2, -0.15) is 0 Å². The summed E-state index contributed by atoms with van der Waals surface area (Å²) in [5.74, 6) is -1.58. The third-order valence-corrected chi connectivity index (χ3v) is 7.10. The number of esters is 1. The minimum atomic E-state index is -0.712. The van der Waals surface area contributed by atoms with Crippen LogP contribution in [0.3, 0.4) is 0 Å². The summed E-state index contributed by atoms with van der Waals surface area (Å²) in [5.41, 5.74) is 0.0243. The van der Waals surface area contributed by atoms with E-state index in [1.807, 2.05) is 0 Å². The van der Waals surface area contributed by atoms with Crippen LogP contribution in [-0.2, 0) is 28.5 Å². The Kier molecular flexibility index (Phi) is 6.15. The number of hydrogen-bond donors (Lipinski definition) is 1. The molecule has 0 amide bonds. The Hall–Kier alpha value is -0.730. The molecule has 28 heavy (non-hydrogen) atoms. The molecule has 4 rings (SSSR count). The van der Waals surface area contributed by atoms with Crippen molar-refractivity contribution < 1.29 is 33.6 Å². The van der Waals surface area contributed by atoms with Crippen LogP contribution < -0.4 is 0 Å². The molecular weight excluding hydrogens is 364 g/mol. The van der Waals surface area contributed by atoms with Crippen LogP contribution in [-0.4, -0.2) is 62.8 Å². The Labute approximate surface area is 168 Å². The zero-order chi connectivity index (χ0) is 20.6. The van der Waals surface area contributed by atoms with Crippen LogP contribution in [0.2, 0.25) is 0 Å². The minimum Gasteiger partial charge on any atom is -0.469 e. The lowest BCUT2D eigenvalue weighted by atomic mass is 9.80. The maximum Gasteiger partial charge on any atom is 0.314 e. The topological polar surface area (TPSA) is 83.5 Å². The van der Waals surface area contributed by atoms with E-state index in [-0.39, 0.29) is 35.2 Å². The Morgan fingerprint density at radius 3 is 1.82 bits per heavy atom. The third kappa shape index (κ3) is 3.72. The van der Waals surface area contributed by atoms with Gasteiger partial charge in [0.2, 0.25) is 0 Å². The Balaban J connectivity index is 0.000000162. The van der Waals surface area contributed by atoms with Crippen molar-refractivity contribution in [1.29, 1.82) is 0 Å². The van der Waals surface area contributed by atoms with Crippen molar-refractivity contribution in [2.75, 3.05) is 40.1 Å². The van der Waals surface area contributed by atoms with Gasteiger partial charge in [-0.3, -0.25) is 4.79 Å². The normalized spacial score (nSPS) is 33.8. The summed E-state index contributed by atoms with van der Waals surface area (Å²) < 4.78 is 27.5. The number of carbonyl (C=O) groups excluding carboxylic acids is 1. The summed E-state index contributed by atoms with van der Waals surface area (Å²) in [4.78, 5) is 11.8. The van der Waals surface area contributed by atoms with Gasteiger partial charge in [-0.1, -0.05) is 27.7 Å². The molecule has 0 aromatic rings. The number of aliphatic hydroxyl groups excluding tert-OH is 1. The average molecular weight is 401 g/mol. The summed E-state index contributed by atoms with van der Waals surface area (Å²) in [6.45, 7) is 11.1. The van der Waals surface area contributed by atoms with Crippen molar-refractivity contribution in [2.45, 2.75) is 65.0 Å². The predicted octanol–water partition coefficient (Wildman–Crippen LogP) is 2.50. The summed E-state index contributed by atoms with van der Waals surface area (Å²) >= 11 is 0. The van der Waals surface area contributed by atoms with E-state index in [2.05, 4.69) is 27.7 Å². The second-order valence-electron chi connectivity index (χ2n) is 9.69. The van der Waals surface area contributed by atoms with Crippen molar-refractivity contribution in [1.82, 2.24) is 0 Å². The van der Waals surface area contributed by atoms with Gasteiger partial charge in [0.15, 0.2) is 11.6 Å². The van der Waals surface area contributed by atoms with Crippen LogP contribution >= 0.6 is 0 Å². The number of hydrogen-bond acceptors (Lipinski definition) is 7. The molecule has 2 saturated heterocycles. The standard InChI is InChI=1S/C11H18O4.C10H18O3/c1-10(2)4-5-11(14-6-7-15-11)8(10)9(12)13-3;1-9(2)3-4-10(8(9)7-11)12-5-6-13-10/h8H,4-7H2,1-3H3;8,11H,3-7H2,1-2H3. The van der Waals surface area contributed by atoms with Gasteiger partial charge in [-0.15, -0.1) is 0 Å². The molecule has 2 aliphatic carbocycles. The highest BCUT2D eigenvalue weighted by Gasteiger charge is 2.60. The molecule has 2 atom stereocenters. The lowest BCUT2D eigenvalue weighted by Gasteiger charge is -2.34. The molecule has 4 fully saturated rings. The van der Waals surface area contributed by atoms with Crippen LogP contribution in [0.15, 0.2) is 0 Å². The van der Waals surface area contributed by atoms with Gasteiger partial charge in [0.1, 0.15) is 5.92 Å². The molecule has 7 nitrogen and oxygen atoms in total. The molecule has 2 unspecified atom stereocenters. The summed E-state index contributed by atoms with van der Waals surface area (Å²) in [6.07, 6.45) is 3.69. The third-order valence-electron chi connectivity index (χ3n) is 7.10. The molecular formula is C21H36O7. The van der Waals surface area contributed by atoms with Gasteiger partial charge < -0.3 is 28.8 Å². The summed E-state index contributed by atoms with van der Waals surface area (Å²) in [5, 5.41) is 9.37. The summed E-state index contributed by atoms with van der Waals surface area (Å²) in [6, 6.07) is 0. The predicted molar refractivity (Wildman–Crippen MR) is 101 cm³/mol. The molecule has 0 aromatic carbocycles. The highest BCUT2D eigenvalue weighted by molar-refractivity contribution is 5.75. The second kappa shape index (κ2) is 7.84. The quantitative estimate of drug-likeness (QED) is 0.713. The van der Waals surface area contributed by atoms with Crippen molar-refractivity contribution in [3.63, 3.8) is 0 Å². The Bertz CT molecular complexity index is 559. The van der Waals surface area contributed by atoms with E-state index in [1.165, 1.54) is 7.11 Å². The molecule has 162 valence electrons. The highest BCUT2D eigenvalue weighted by atomic mass is 16.7. The van der Waals surface area contributed by atoms with Gasteiger partial charge in [0.25, 0.3) is 0 Å². The number of aliphatic hydroxyl groups is 1. The van der Waals surface area contributed by atoms with Gasteiger partial charge in [-0.05, 0) is 23.7 Å². The highest BCUT2D eigenvalue weighted by Crippen LogP contribution is 2.53. The van der Waals surface area contributed by atoms with Crippen LogP contribution in [0.25, 0.3) is 0 Å². The Morgan fingerprint density at radius 2 is 1.32 bits per heavy atom. The molecule has 1 N–H and O–H groups in total. The van der Waals surface area contributed by atoms with Crippen LogP contribution in [0, 0.1) is 22.7 Å². The monoisotopic (exact) mass is 400 g/mol. The van der Waals surface area contributed by atoms with E-state index in [9.17, 15) is 9.90 Å². The zero-order valence-corrected chi connectivity index (χ0v) is 17.9. The zero-order valence-electron chi connectivity index (χ0n) is 17.9. The SMILES string of the molecule is CC1(C)CCC2(OCCO2)C1CO.COC(=O)C1C(C)(C)CCC12OCCO2. The largest absolute Gasteiger partial charge is 0.469 e. The average Bonchev–Trinajstić information content (AvgIpc) is 3.39. The molecule has 0 aromatic heterocycles. The smallest absolute Gasteiger partial charge is 0.314 e. The second-order valence-corrected chi connectivity index (χ2v) is 9.69. The molecule has 0 bridgehead atoms. The number of ether oxygens (including phenoxy) is 5. The fourth-order valence-corrected chi connectivity index (χ4v) is 5.42. The first-order valence-corrected chi connectivity index (χ1v) is 10.4. The fourth-order valence-electron chi connectivity index (χ4n) is 5.42. The van der Waals surface area contributed by atoms with Gasteiger partial charge >= 0.3 is 5.97 Å². The molecule has 7 heteroatoms. The van der Waals surface area contributed by atoms with E-state index in [0.717, 1.165) is 25.7 Å². The van der Waals surface area contributed by atoms with E-state index >= 15 is 0 Å². The van der Waals surface area contributed by atoms with Crippen molar-refractivity contribution in [2.24, 2.45) is 22.7 Å².